The Morgan fingerprint density at radius 1 is 1.32 bits per heavy atom. The van der Waals surface area contributed by atoms with Gasteiger partial charge in [-0.3, -0.25) is 4.90 Å². The molecule has 1 amide bonds. The van der Waals surface area contributed by atoms with Crippen LogP contribution in [0.4, 0.5) is 25.0 Å². The Kier molecular flexibility index (Phi) is 6.09. The van der Waals surface area contributed by atoms with Crippen LogP contribution in [-0.4, -0.2) is 58.7 Å². The standard InChI is InChI=1S/C18H25F2N3O3SSi/c1-25-17(27)21-10-13-11-23(18(24)26-13)12-8-14(19)16(15(20)9-12)22-4-6-28(2,3)7-5-22/h8-9,13H,4-7,10-11H2,1-3H3,(H,21,27). The molecule has 2 aliphatic heterocycles. The summed E-state index contributed by atoms with van der Waals surface area (Å²) in [5, 5.41) is 2.99. The number of nitrogens with zero attached hydrogens (tertiary/aromatic N) is 2. The SMILES string of the molecule is COC(=S)NCC1CN(c2cc(F)c(N3CC[Si](C)(C)CC3)c(F)c2)C(=O)O1. The predicted octanol–water partition coefficient (Wildman–Crippen LogP) is 3.34. The van der Waals surface area contributed by atoms with Gasteiger partial charge in [0.15, 0.2) is 11.6 Å². The number of amides is 1. The smallest absolute Gasteiger partial charge is 0.414 e. The van der Waals surface area contributed by atoms with E-state index >= 15 is 0 Å². The highest BCUT2D eigenvalue weighted by Crippen LogP contribution is 2.34. The zero-order chi connectivity index (χ0) is 20.5. The maximum Gasteiger partial charge on any atom is 0.414 e. The van der Waals surface area contributed by atoms with Crippen molar-refractivity contribution < 1.29 is 23.0 Å². The van der Waals surface area contributed by atoms with E-state index < -0.39 is 31.9 Å². The molecule has 2 aliphatic rings. The topological polar surface area (TPSA) is 54.0 Å². The first-order valence-corrected chi connectivity index (χ1v) is 13.1. The minimum atomic E-state index is -1.25. The van der Waals surface area contributed by atoms with Crippen molar-refractivity contribution in [2.75, 3.05) is 43.1 Å². The van der Waals surface area contributed by atoms with Gasteiger partial charge in [-0.1, -0.05) is 13.1 Å². The maximum atomic E-state index is 14.8. The number of methoxy groups -OCH3 is 1. The average molecular weight is 430 g/mol. The molecular formula is C18H25F2N3O3SSi. The number of anilines is 2. The molecular weight excluding hydrogens is 404 g/mol. The average Bonchev–Trinajstić information content (AvgIpc) is 3.01. The summed E-state index contributed by atoms with van der Waals surface area (Å²) in [5.74, 6) is -1.32. The molecule has 0 saturated carbocycles. The van der Waals surface area contributed by atoms with Crippen molar-refractivity contribution in [2.24, 2.45) is 0 Å². The van der Waals surface area contributed by atoms with Crippen LogP contribution in [0.1, 0.15) is 0 Å². The van der Waals surface area contributed by atoms with E-state index in [1.165, 1.54) is 24.1 Å². The zero-order valence-electron chi connectivity index (χ0n) is 16.3. The van der Waals surface area contributed by atoms with Gasteiger partial charge in [0.25, 0.3) is 5.17 Å². The van der Waals surface area contributed by atoms with Gasteiger partial charge in [0.2, 0.25) is 0 Å². The fraction of sp³-hybridized carbons (Fsp3) is 0.556. The summed E-state index contributed by atoms with van der Waals surface area (Å²) in [7, 11) is 0.184. The molecule has 0 aromatic heterocycles. The Morgan fingerprint density at radius 3 is 2.50 bits per heavy atom. The molecule has 1 aromatic carbocycles. The molecule has 2 saturated heterocycles. The van der Waals surface area contributed by atoms with Gasteiger partial charge in [-0.25, -0.2) is 13.6 Å². The molecule has 1 unspecified atom stereocenters. The number of halogens is 2. The van der Waals surface area contributed by atoms with Crippen LogP contribution in [0.25, 0.3) is 0 Å². The minimum absolute atomic E-state index is 0.00975. The number of carbonyl (C=O) groups is 1. The molecule has 0 aliphatic carbocycles. The monoisotopic (exact) mass is 429 g/mol. The molecule has 2 heterocycles. The van der Waals surface area contributed by atoms with Crippen molar-refractivity contribution in [3.63, 3.8) is 0 Å². The van der Waals surface area contributed by atoms with E-state index in [1.807, 2.05) is 0 Å². The number of thiocarbonyl (C=S) groups is 1. The molecule has 1 N–H and O–H groups in total. The molecule has 0 bridgehead atoms. The van der Waals surface area contributed by atoms with Gasteiger partial charge in [-0.05, 0) is 24.3 Å². The van der Waals surface area contributed by atoms with Gasteiger partial charge in [0.05, 0.1) is 34.0 Å². The largest absolute Gasteiger partial charge is 0.474 e. The van der Waals surface area contributed by atoms with Crippen molar-refractivity contribution in [1.29, 1.82) is 0 Å². The number of benzene rings is 1. The van der Waals surface area contributed by atoms with Gasteiger partial charge in [-0.15, -0.1) is 0 Å². The summed E-state index contributed by atoms with van der Waals surface area (Å²) >= 11 is 4.88. The number of rotatable bonds is 4. The Hall–Kier alpha value is -1.94. The van der Waals surface area contributed by atoms with Gasteiger partial charge in [-0.2, -0.15) is 0 Å². The third-order valence-corrected chi connectivity index (χ3v) is 8.75. The fourth-order valence-corrected chi connectivity index (χ4v) is 5.54. The Bertz CT molecular complexity index is 747. The summed E-state index contributed by atoms with van der Waals surface area (Å²) in [6, 6.07) is 4.41. The second-order valence-electron chi connectivity index (χ2n) is 7.90. The molecule has 3 rings (SSSR count). The van der Waals surface area contributed by atoms with Crippen molar-refractivity contribution in [2.45, 2.75) is 31.3 Å². The lowest BCUT2D eigenvalue weighted by molar-refractivity contribution is 0.142. The van der Waals surface area contributed by atoms with Crippen LogP contribution in [0, 0.1) is 11.6 Å². The van der Waals surface area contributed by atoms with E-state index in [0.717, 1.165) is 12.1 Å². The summed E-state index contributed by atoms with van der Waals surface area (Å²) in [5.41, 5.74) is 0.136. The highest BCUT2D eigenvalue weighted by atomic mass is 32.1. The highest BCUT2D eigenvalue weighted by molar-refractivity contribution is 7.80. The first-order valence-electron chi connectivity index (χ1n) is 9.24. The van der Waals surface area contributed by atoms with Crippen LogP contribution in [0.2, 0.25) is 25.2 Å². The minimum Gasteiger partial charge on any atom is -0.474 e. The third kappa shape index (κ3) is 4.54. The van der Waals surface area contributed by atoms with E-state index in [2.05, 4.69) is 18.4 Å². The second-order valence-corrected chi connectivity index (χ2v) is 13.6. The van der Waals surface area contributed by atoms with Crippen molar-refractivity contribution in [3.05, 3.63) is 23.8 Å². The fourth-order valence-electron chi connectivity index (χ4n) is 3.45. The highest BCUT2D eigenvalue weighted by Gasteiger charge is 2.34. The molecule has 2 fully saturated rings. The second kappa shape index (κ2) is 8.20. The molecule has 1 aromatic rings. The molecule has 0 radical (unpaired) electrons. The van der Waals surface area contributed by atoms with Crippen molar-refractivity contribution in [3.8, 4) is 0 Å². The number of hydrogen-bond donors (Lipinski definition) is 1. The van der Waals surface area contributed by atoms with Crippen molar-refractivity contribution >= 4 is 42.9 Å². The molecule has 0 spiro atoms. The van der Waals surface area contributed by atoms with Gasteiger partial charge in [0, 0.05) is 25.2 Å². The predicted molar refractivity (Wildman–Crippen MR) is 111 cm³/mol. The van der Waals surface area contributed by atoms with E-state index in [-0.39, 0.29) is 29.6 Å². The number of ether oxygens (including phenoxy) is 2. The third-order valence-electron chi connectivity index (χ3n) is 5.28. The first-order chi connectivity index (χ1) is 13.2. The molecule has 28 heavy (non-hydrogen) atoms. The molecule has 154 valence electrons. The summed E-state index contributed by atoms with van der Waals surface area (Å²) in [6.07, 6.45) is -1.15. The van der Waals surface area contributed by atoms with E-state index in [9.17, 15) is 13.6 Å². The lowest BCUT2D eigenvalue weighted by Crippen LogP contribution is -2.43. The number of cyclic esters (lactones) is 1. The van der Waals surface area contributed by atoms with E-state index in [0.29, 0.717) is 13.1 Å². The number of nitrogens with one attached hydrogen (secondary N) is 1. The van der Waals surface area contributed by atoms with Crippen LogP contribution in [-0.2, 0) is 9.47 Å². The van der Waals surface area contributed by atoms with E-state index in [4.69, 9.17) is 21.7 Å². The summed E-state index contributed by atoms with van der Waals surface area (Å²) < 4.78 is 39.6. The quantitative estimate of drug-likeness (QED) is 0.585. The Balaban J connectivity index is 1.72. The molecule has 10 heteroatoms. The summed E-state index contributed by atoms with van der Waals surface area (Å²) in [4.78, 5) is 15.1. The number of hydrogen-bond acceptors (Lipinski definition) is 5. The first kappa shape index (κ1) is 20.8. The lowest BCUT2D eigenvalue weighted by atomic mass is 10.2. The Morgan fingerprint density at radius 2 is 1.93 bits per heavy atom. The van der Waals surface area contributed by atoms with Crippen LogP contribution < -0.4 is 15.1 Å². The van der Waals surface area contributed by atoms with E-state index in [1.54, 1.807) is 4.90 Å². The normalized spacial score (nSPS) is 21.5. The van der Waals surface area contributed by atoms with Gasteiger partial charge < -0.3 is 19.7 Å². The lowest BCUT2D eigenvalue weighted by Gasteiger charge is -2.37. The molecule has 1 atom stereocenters. The Labute approximate surface area is 169 Å². The number of carbonyl (C=O) groups excluding carboxylic acids is 1. The van der Waals surface area contributed by atoms with Crippen molar-refractivity contribution in [1.82, 2.24) is 5.32 Å². The van der Waals surface area contributed by atoms with Crippen LogP contribution in [0.15, 0.2) is 12.1 Å². The maximum absolute atomic E-state index is 14.8. The summed E-state index contributed by atoms with van der Waals surface area (Å²) in [6.45, 7) is 6.33. The zero-order valence-corrected chi connectivity index (χ0v) is 18.1. The van der Waals surface area contributed by atoms with Crippen LogP contribution in [0.3, 0.4) is 0 Å². The van der Waals surface area contributed by atoms with Crippen LogP contribution in [0.5, 0.6) is 0 Å². The van der Waals surface area contributed by atoms with Crippen LogP contribution >= 0.6 is 12.2 Å². The van der Waals surface area contributed by atoms with Gasteiger partial charge >= 0.3 is 6.09 Å². The molecule has 6 nitrogen and oxygen atoms in total. The van der Waals surface area contributed by atoms with Gasteiger partial charge in [0.1, 0.15) is 11.8 Å².